The number of anilines is 2. The van der Waals surface area contributed by atoms with Gasteiger partial charge in [0.2, 0.25) is 5.95 Å². The van der Waals surface area contributed by atoms with Gasteiger partial charge in [-0.15, -0.1) is 0 Å². The average Bonchev–Trinajstić information content (AvgIpc) is 1.78. The Morgan fingerprint density at radius 3 is 2.46 bits per heavy atom. The Balaban J connectivity index is 2.90. The normalized spacial score (nSPS) is 11.4. The molecule has 0 spiro atoms. The van der Waals surface area contributed by atoms with Crippen molar-refractivity contribution in [1.29, 1.82) is 0 Å². The molecule has 0 aliphatic carbocycles. The lowest BCUT2D eigenvalue weighted by Crippen LogP contribution is -2.27. The molecule has 0 bridgehead atoms. The van der Waals surface area contributed by atoms with E-state index in [9.17, 15) is 0 Å². The van der Waals surface area contributed by atoms with Crippen LogP contribution < -0.4 is 11.1 Å². The minimum atomic E-state index is -0.100. The summed E-state index contributed by atoms with van der Waals surface area (Å²) in [5, 5.41) is 3.42. The third kappa shape index (κ3) is 3.46. The molecule has 1 rings (SSSR count). The number of nitrogen functional groups attached to an aromatic ring is 1. The van der Waals surface area contributed by atoms with Crippen molar-refractivity contribution in [2.75, 3.05) is 11.1 Å². The topological polar surface area (TPSA) is 63.8 Å². The van der Waals surface area contributed by atoms with Crippen LogP contribution in [0.1, 0.15) is 20.8 Å². The largest absolute Gasteiger partial charge is 0.383 e. The molecule has 0 unspecified atom stereocenters. The Kier molecular flexibility index (Phi) is 2.61. The van der Waals surface area contributed by atoms with Crippen LogP contribution in [-0.2, 0) is 0 Å². The van der Waals surface area contributed by atoms with Crippen molar-refractivity contribution in [1.82, 2.24) is 9.97 Å². The molecule has 1 heterocycles. The van der Waals surface area contributed by atoms with E-state index in [0.717, 1.165) is 0 Å². The van der Waals surface area contributed by atoms with Gasteiger partial charge < -0.3 is 11.1 Å². The summed E-state index contributed by atoms with van der Waals surface area (Å²) >= 11 is 5.71. The van der Waals surface area contributed by atoms with Gasteiger partial charge in [-0.2, -0.15) is 4.98 Å². The van der Waals surface area contributed by atoms with Crippen molar-refractivity contribution >= 4 is 23.4 Å². The lowest BCUT2D eigenvalue weighted by atomic mass is 10.1. The molecule has 3 N–H and O–H groups in total. The maximum absolute atomic E-state index is 5.71. The first-order chi connectivity index (χ1) is 5.87. The van der Waals surface area contributed by atoms with E-state index < -0.39 is 0 Å². The molecule has 0 aliphatic heterocycles. The molecule has 4 nitrogen and oxygen atoms in total. The molecule has 5 heteroatoms. The lowest BCUT2D eigenvalue weighted by Gasteiger charge is -2.20. The van der Waals surface area contributed by atoms with Crippen molar-refractivity contribution in [2.24, 2.45) is 0 Å². The molecule has 1 aromatic rings. The quantitative estimate of drug-likeness (QED) is 0.680. The van der Waals surface area contributed by atoms with Crippen molar-refractivity contribution in [2.45, 2.75) is 26.3 Å². The second-order valence-electron chi connectivity index (χ2n) is 3.81. The molecule has 0 aromatic carbocycles. The van der Waals surface area contributed by atoms with E-state index in [2.05, 4.69) is 15.3 Å². The van der Waals surface area contributed by atoms with Crippen LogP contribution in [0.3, 0.4) is 0 Å². The predicted molar refractivity (Wildman–Crippen MR) is 54.8 cm³/mol. The highest BCUT2D eigenvalue weighted by Gasteiger charge is 2.11. The Morgan fingerprint density at radius 1 is 1.38 bits per heavy atom. The van der Waals surface area contributed by atoms with Crippen molar-refractivity contribution in [3.63, 3.8) is 0 Å². The molecule has 13 heavy (non-hydrogen) atoms. The highest BCUT2D eigenvalue weighted by molar-refractivity contribution is 6.29. The standard InChI is InChI=1S/C8H13ClN4/c1-8(2,3)13-7-11-5(9)4-6(10)12-7/h4H,1-3H3,(H3,10,11,12,13). The summed E-state index contributed by atoms with van der Waals surface area (Å²) in [6.45, 7) is 6.02. The number of nitrogens with zero attached hydrogens (tertiary/aromatic N) is 2. The van der Waals surface area contributed by atoms with Gasteiger partial charge in [-0.1, -0.05) is 11.6 Å². The maximum Gasteiger partial charge on any atom is 0.226 e. The number of hydrogen-bond donors (Lipinski definition) is 2. The first-order valence-electron chi connectivity index (χ1n) is 3.95. The van der Waals surface area contributed by atoms with Crippen LogP contribution in [0.25, 0.3) is 0 Å². The Labute approximate surface area is 82.5 Å². The average molecular weight is 201 g/mol. The minimum Gasteiger partial charge on any atom is -0.383 e. The molecular formula is C8H13ClN4. The summed E-state index contributed by atoms with van der Waals surface area (Å²) in [4.78, 5) is 7.97. The molecule has 0 amide bonds. The zero-order valence-corrected chi connectivity index (χ0v) is 8.68. The fraction of sp³-hybridized carbons (Fsp3) is 0.500. The third-order valence-corrected chi connectivity index (χ3v) is 1.40. The monoisotopic (exact) mass is 200 g/mol. The number of aromatic nitrogens is 2. The molecule has 0 atom stereocenters. The van der Waals surface area contributed by atoms with E-state index in [1.807, 2.05) is 20.8 Å². The smallest absolute Gasteiger partial charge is 0.226 e. The number of halogens is 1. The van der Waals surface area contributed by atoms with Crippen LogP contribution in [0.2, 0.25) is 5.15 Å². The first-order valence-corrected chi connectivity index (χ1v) is 4.33. The van der Waals surface area contributed by atoms with E-state index in [0.29, 0.717) is 16.9 Å². The van der Waals surface area contributed by atoms with Crippen molar-refractivity contribution in [3.05, 3.63) is 11.2 Å². The summed E-state index contributed by atoms with van der Waals surface area (Å²) in [7, 11) is 0. The number of nitrogens with one attached hydrogen (secondary N) is 1. The fourth-order valence-electron chi connectivity index (χ4n) is 0.826. The molecule has 72 valence electrons. The first kappa shape index (κ1) is 10.1. The summed E-state index contributed by atoms with van der Waals surface area (Å²) in [5.41, 5.74) is 5.40. The van der Waals surface area contributed by atoms with E-state index in [1.165, 1.54) is 6.07 Å². The molecule has 0 radical (unpaired) electrons. The molecule has 0 fully saturated rings. The van der Waals surface area contributed by atoms with Gasteiger partial charge in [0.1, 0.15) is 11.0 Å². The summed E-state index contributed by atoms with van der Waals surface area (Å²) in [6, 6.07) is 1.51. The zero-order chi connectivity index (χ0) is 10.1. The van der Waals surface area contributed by atoms with Crippen LogP contribution in [-0.4, -0.2) is 15.5 Å². The predicted octanol–water partition coefficient (Wildman–Crippen LogP) is 1.92. The summed E-state index contributed by atoms with van der Waals surface area (Å²) in [5.74, 6) is 0.823. The maximum atomic E-state index is 5.71. The fourth-order valence-corrected chi connectivity index (χ4v) is 1.02. The van der Waals surface area contributed by atoms with Gasteiger partial charge in [0.15, 0.2) is 0 Å². The van der Waals surface area contributed by atoms with Crippen LogP contribution in [0.15, 0.2) is 6.07 Å². The molecule has 0 saturated heterocycles. The third-order valence-electron chi connectivity index (χ3n) is 1.20. The van der Waals surface area contributed by atoms with Gasteiger partial charge >= 0.3 is 0 Å². The van der Waals surface area contributed by atoms with Gasteiger partial charge in [0.25, 0.3) is 0 Å². The van der Waals surface area contributed by atoms with Gasteiger partial charge in [-0.3, -0.25) is 0 Å². The SMILES string of the molecule is CC(C)(C)Nc1nc(N)cc(Cl)n1. The van der Waals surface area contributed by atoms with Crippen molar-refractivity contribution in [3.8, 4) is 0 Å². The van der Waals surface area contributed by atoms with Crippen molar-refractivity contribution < 1.29 is 0 Å². The van der Waals surface area contributed by atoms with Crippen LogP contribution in [0.4, 0.5) is 11.8 Å². The Morgan fingerprint density at radius 2 is 2.00 bits per heavy atom. The second-order valence-corrected chi connectivity index (χ2v) is 4.20. The highest BCUT2D eigenvalue weighted by Crippen LogP contribution is 2.14. The highest BCUT2D eigenvalue weighted by atomic mass is 35.5. The second kappa shape index (κ2) is 3.38. The van der Waals surface area contributed by atoms with Gasteiger partial charge in [0.05, 0.1) is 0 Å². The van der Waals surface area contributed by atoms with E-state index in [-0.39, 0.29) is 5.54 Å². The number of hydrogen-bond acceptors (Lipinski definition) is 4. The van der Waals surface area contributed by atoms with Gasteiger partial charge in [-0.25, -0.2) is 4.98 Å². The number of rotatable bonds is 1. The zero-order valence-electron chi connectivity index (χ0n) is 7.93. The molecule has 0 saturated carbocycles. The minimum absolute atomic E-state index is 0.100. The van der Waals surface area contributed by atoms with E-state index in [4.69, 9.17) is 17.3 Å². The molecule has 1 aromatic heterocycles. The van der Waals surface area contributed by atoms with Crippen LogP contribution >= 0.6 is 11.6 Å². The van der Waals surface area contributed by atoms with Crippen LogP contribution in [0, 0.1) is 0 Å². The molecular weight excluding hydrogens is 188 g/mol. The lowest BCUT2D eigenvalue weighted by molar-refractivity contribution is 0.626. The van der Waals surface area contributed by atoms with Gasteiger partial charge in [0, 0.05) is 11.6 Å². The summed E-state index contributed by atoms with van der Waals surface area (Å²) < 4.78 is 0. The van der Waals surface area contributed by atoms with Gasteiger partial charge in [-0.05, 0) is 20.8 Å². The molecule has 0 aliphatic rings. The summed E-state index contributed by atoms with van der Waals surface area (Å²) in [6.07, 6.45) is 0. The Bertz CT molecular complexity index is 285. The van der Waals surface area contributed by atoms with E-state index >= 15 is 0 Å². The van der Waals surface area contributed by atoms with Crippen LogP contribution in [0.5, 0.6) is 0 Å². The van der Waals surface area contributed by atoms with E-state index in [1.54, 1.807) is 0 Å². The number of nitrogens with two attached hydrogens (primary N) is 1. The Hall–Kier alpha value is -1.03.